The topological polar surface area (TPSA) is 54.5 Å². The van der Waals surface area contributed by atoms with Crippen molar-refractivity contribution in [3.63, 3.8) is 0 Å². The number of benzene rings is 1. The van der Waals surface area contributed by atoms with E-state index in [1.807, 2.05) is 0 Å². The highest BCUT2D eigenvalue weighted by molar-refractivity contribution is 5.89. The largest absolute Gasteiger partial charge is 0.472 e. The maximum absolute atomic E-state index is 12.7. The summed E-state index contributed by atoms with van der Waals surface area (Å²) >= 11 is 0. The summed E-state index contributed by atoms with van der Waals surface area (Å²) in [6, 6.07) is 5.04. The van der Waals surface area contributed by atoms with Gasteiger partial charge in [-0.1, -0.05) is 0 Å². The lowest BCUT2D eigenvalue weighted by Gasteiger charge is -2.18. The molecule has 1 aromatic carbocycles. The molecular weight excluding hydrogens is 404 g/mol. The number of pyridine rings is 1. The molecule has 1 fully saturated rings. The van der Waals surface area contributed by atoms with Gasteiger partial charge in [-0.15, -0.1) is 0 Å². The number of nitrogens with one attached hydrogen (secondary N) is 1. The molecule has 1 saturated heterocycles. The third kappa shape index (κ3) is 5.30. The molecule has 1 N–H and O–H groups in total. The number of amides is 2. The minimum absolute atomic E-state index is 0.102. The Morgan fingerprint density at radius 1 is 1.03 bits per heavy atom. The molecule has 2 amide bonds. The van der Waals surface area contributed by atoms with Gasteiger partial charge in [0.15, 0.2) is 0 Å². The van der Waals surface area contributed by atoms with E-state index in [1.54, 1.807) is 0 Å². The number of nitrogens with zero attached hydrogens (tertiary/aromatic N) is 2. The van der Waals surface area contributed by atoms with Crippen LogP contribution in [0.2, 0.25) is 0 Å². The van der Waals surface area contributed by atoms with Crippen molar-refractivity contribution >= 4 is 11.7 Å². The van der Waals surface area contributed by atoms with E-state index in [-0.39, 0.29) is 24.7 Å². The predicted molar refractivity (Wildman–Crippen MR) is 90.3 cm³/mol. The molecule has 0 spiro atoms. The monoisotopic (exact) mass is 419 g/mol. The summed E-state index contributed by atoms with van der Waals surface area (Å²) in [5.74, 6) is -0.199. The lowest BCUT2D eigenvalue weighted by molar-refractivity contribution is -0.138. The molecule has 0 radical (unpaired) electrons. The third-order valence-electron chi connectivity index (χ3n) is 4.25. The molecule has 0 saturated carbocycles. The minimum atomic E-state index is -4.52. The molecular formula is C18H15F6N3O2. The number of rotatable bonds is 3. The van der Waals surface area contributed by atoms with Gasteiger partial charge in [0.05, 0.1) is 17.7 Å². The van der Waals surface area contributed by atoms with Gasteiger partial charge < -0.3 is 15.0 Å². The van der Waals surface area contributed by atoms with Gasteiger partial charge in [0.2, 0.25) is 5.88 Å². The van der Waals surface area contributed by atoms with E-state index in [9.17, 15) is 31.1 Å². The second kappa shape index (κ2) is 7.80. The van der Waals surface area contributed by atoms with Crippen molar-refractivity contribution in [1.29, 1.82) is 0 Å². The van der Waals surface area contributed by atoms with Crippen LogP contribution in [-0.2, 0) is 12.4 Å². The van der Waals surface area contributed by atoms with Crippen molar-refractivity contribution in [1.82, 2.24) is 9.88 Å². The fourth-order valence-corrected chi connectivity index (χ4v) is 2.77. The van der Waals surface area contributed by atoms with Crippen LogP contribution in [0.5, 0.6) is 5.88 Å². The molecule has 156 valence electrons. The van der Waals surface area contributed by atoms with E-state index >= 15 is 0 Å². The van der Waals surface area contributed by atoms with Crippen LogP contribution in [0.25, 0.3) is 0 Å². The number of urea groups is 1. The Morgan fingerprint density at radius 3 is 2.31 bits per heavy atom. The normalized spacial score (nSPS) is 17.3. The van der Waals surface area contributed by atoms with Crippen LogP contribution < -0.4 is 10.1 Å². The highest BCUT2D eigenvalue weighted by Gasteiger charge is 2.33. The van der Waals surface area contributed by atoms with E-state index in [4.69, 9.17) is 4.74 Å². The van der Waals surface area contributed by atoms with Crippen molar-refractivity contribution in [2.45, 2.75) is 24.9 Å². The van der Waals surface area contributed by atoms with Gasteiger partial charge in [-0.2, -0.15) is 26.3 Å². The average molecular weight is 419 g/mol. The number of anilines is 1. The van der Waals surface area contributed by atoms with Gasteiger partial charge in [-0.05, 0) is 30.3 Å². The molecule has 11 heteroatoms. The Balaban J connectivity index is 1.56. The Kier molecular flexibility index (Phi) is 5.58. The lowest BCUT2D eigenvalue weighted by Crippen LogP contribution is -2.34. The molecule has 1 atom stereocenters. The van der Waals surface area contributed by atoms with Crippen LogP contribution in [0.1, 0.15) is 17.5 Å². The first-order chi connectivity index (χ1) is 13.5. The summed E-state index contributed by atoms with van der Waals surface area (Å²) in [5, 5.41) is 2.48. The molecule has 3 rings (SSSR count). The Morgan fingerprint density at radius 2 is 1.69 bits per heavy atom. The number of aromatic nitrogens is 1. The van der Waals surface area contributed by atoms with Gasteiger partial charge >= 0.3 is 18.4 Å². The van der Waals surface area contributed by atoms with Gasteiger partial charge in [0, 0.05) is 30.9 Å². The highest BCUT2D eigenvalue weighted by atomic mass is 19.4. The van der Waals surface area contributed by atoms with Gasteiger partial charge in [-0.25, -0.2) is 9.78 Å². The third-order valence-corrected chi connectivity index (χ3v) is 4.25. The second-order valence-corrected chi connectivity index (χ2v) is 6.36. The fourth-order valence-electron chi connectivity index (χ4n) is 2.77. The summed E-state index contributed by atoms with van der Waals surface area (Å²) in [6.07, 6.45) is -8.19. The zero-order valence-electron chi connectivity index (χ0n) is 14.7. The molecule has 1 aliphatic heterocycles. The maximum atomic E-state index is 12.7. The summed E-state index contributed by atoms with van der Waals surface area (Å²) in [7, 11) is 0. The number of hydrogen-bond donors (Lipinski definition) is 1. The van der Waals surface area contributed by atoms with Crippen molar-refractivity contribution in [3.05, 3.63) is 53.7 Å². The second-order valence-electron chi connectivity index (χ2n) is 6.36. The van der Waals surface area contributed by atoms with Gasteiger partial charge in [0.25, 0.3) is 0 Å². The first-order valence-electron chi connectivity index (χ1n) is 8.45. The number of ether oxygens (including phenoxy) is 1. The first-order valence-corrected chi connectivity index (χ1v) is 8.45. The summed E-state index contributed by atoms with van der Waals surface area (Å²) < 4.78 is 81.3. The van der Waals surface area contributed by atoms with Crippen LogP contribution in [-0.4, -0.2) is 35.1 Å². The number of likely N-dealkylation sites (tertiary alicyclic amines) is 1. The standard InChI is InChI=1S/C18H15F6N3O2/c19-17(20,21)11-1-3-13(4-2-11)26-16(28)27-8-6-14(10-27)29-15-9-12(5-7-25-15)18(22,23)24/h1-5,7,9,14H,6,8,10H2,(H,26,28). The van der Waals surface area contributed by atoms with Crippen molar-refractivity contribution in [2.75, 3.05) is 18.4 Å². The van der Waals surface area contributed by atoms with Crippen LogP contribution in [0.4, 0.5) is 36.8 Å². The quantitative estimate of drug-likeness (QED) is 0.727. The molecule has 0 bridgehead atoms. The summed E-state index contributed by atoms with van der Waals surface area (Å²) in [4.78, 5) is 17.4. The smallest absolute Gasteiger partial charge is 0.416 e. The first kappa shape index (κ1) is 20.7. The van der Waals surface area contributed by atoms with Crippen LogP contribution in [0, 0.1) is 0 Å². The van der Waals surface area contributed by atoms with Gasteiger partial charge in [-0.3, -0.25) is 0 Å². The number of alkyl halides is 6. The molecule has 1 aliphatic rings. The molecule has 1 aromatic heterocycles. The van der Waals surface area contributed by atoms with E-state index in [0.29, 0.717) is 6.42 Å². The molecule has 29 heavy (non-hydrogen) atoms. The average Bonchev–Trinajstić information content (AvgIpc) is 3.09. The molecule has 2 heterocycles. The Labute approximate surface area is 161 Å². The molecule has 0 aliphatic carbocycles. The lowest BCUT2D eigenvalue weighted by atomic mass is 10.2. The number of hydrogen-bond acceptors (Lipinski definition) is 3. The fraction of sp³-hybridized carbons (Fsp3) is 0.333. The van der Waals surface area contributed by atoms with Gasteiger partial charge in [0.1, 0.15) is 6.10 Å². The molecule has 5 nitrogen and oxygen atoms in total. The minimum Gasteiger partial charge on any atom is -0.472 e. The number of carbonyl (C=O) groups is 1. The zero-order valence-corrected chi connectivity index (χ0v) is 14.7. The number of halogens is 6. The summed E-state index contributed by atoms with van der Waals surface area (Å²) in [6.45, 7) is 0.375. The highest BCUT2D eigenvalue weighted by Crippen LogP contribution is 2.31. The Hall–Kier alpha value is -2.98. The SMILES string of the molecule is O=C(Nc1ccc(C(F)(F)F)cc1)N1CCC(Oc2cc(C(F)(F)F)ccn2)C1. The van der Waals surface area contributed by atoms with Crippen molar-refractivity contribution in [3.8, 4) is 5.88 Å². The zero-order chi connectivity index (χ0) is 21.2. The van der Waals surface area contributed by atoms with E-state index < -0.39 is 35.6 Å². The predicted octanol–water partition coefficient (Wildman–Crippen LogP) is 4.80. The van der Waals surface area contributed by atoms with E-state index in [2.05, 4.69) is 10.3 Å². The summed E-state index contributed by atoms with van der Waals surface area (Å²) in [5.41, 5.74) is -1.54. The molecule has 2 aromatic rings. The van der Waals surface area contributed by atoms with Crippen LogP contribution >= 0.6 is 0 Å². The number of carbonyl (C=O) groups excluding carboxylic acids is 1. The van der Waals surface area contributed by atoms with E-state index in [0.717, 1.165) is 42.6 Å². The molecule has 1 unspecified atom stereocenters. The van der Waals surface area contributed by atoms with E-state index in [1.165, 1.54) is 4.90 Å². The van der Waals surface area contributed by atoms with Crippen LogP contribution in [0.3, 0.4) is 0 Å². The van der Waals surface area contributed by atoms with Crippen molar-refractivity contribution < 1.29 is 35.9 Å². The van der Waals surface area contributed by atoms with Crippen molar-refractivity contribution in [2.24, 2.45) is 0 Å². The maximum Gasteiger partial charge on any atom is 0.416 e. The Bertz CT molecular complexity index is 867. The van der Waals surface area contributed by atoms with Crippen LogP contribution in [0.15, 0.2) is 42.6 Å².